The molecule has 0 unspecified atom stereocenters. The molecule has 0 spiro atoms. The van der Waals surface area contributed by atoms with E-state index in [1.807, 2.05) is 0 Å². The average Bonchev–Trinajstić information content (AvgIpc) is 3.27. The van der Waals surface area contributed by atoms with E-state index in [0.717, 1.165) is 5.56 Å². The number of esters is 1. The second-order valence-corrected chi connectivity index (χ2v) is 7.74. The second kappa shape index (κ2) is 7.90. The maximum absolute atomic E-state index is 12.3. The number of thioether (sulfide) groups is 1. The Hall–Kier alpha value is -2.81. The number of rotatable bonds is 3. The van der Waals surface area contributed by atoms with Gasteiger partial charge in [-0.25, -0.2) is 14.3 Å². The number of nitrogens with one attached hydrogen (secondary N) is 1. The fraction of sp³-hybridized carbons (Fsp3) is 0.0526. The number of methoxy groups -OCH3 is 1. The molecule has 29 heavy (non-hydrogen) atoms. The number of halogens is 2. The number of carbonyl (C=O) groups is 2. The van der Waals surface area contributed by atoms with Gasteiger partial charge >= 0.3 is 5.97 Å². The summed E-state index contributed by atoms with van der Waals surface area (Å²) in [5, 5.41) is 7.96. The number of pyridine rings is 1. The largest absolute Gasteiger partial charge is 0.465 e. The van der Waals surface area contributed by atoms with E-state index in [2.05, 4.69) is 15.4 Å². The molecule has 3 heterocycles. The molecule has 0 aliphatic carbocycles. The van der Waals surface area contributed by atoms with E-state index in [9.17, 15) is 9.59 Å². The molecule has 10 heteroatoms. The van der Waals surface area contributed by atoms with Crippen LogP contribution in [0, 0.1) is 0 Å². The molecule has 0 atom stereocenters. The molecular weight excluding hydrogens is 435 g/mol. The molecule has 2 aromatic heterocycles. The molecule has 1 saturated heterocycles. The molecule has 0 saturated carbocycles. The van der Waals surface area contributed by atoms with Crippen molar-refractivity contribution in [2.24, 2.45) is 4.99 Å². The van der Waals surface area contributed by atoms with Crippen molar-refractivity contribution in [3.8, 4) is 0 Å². The Labute approximate surface area is 179 Å². The number of benzene rings is 1. The lowest BCUT2D eigenvalue weighted by atomic mass is 10.2. The third kappa shape index (κ3) is 3.87. The first kappa shape index (κ1) is 19.5. The predicted molar refractivity (Wildman–Crippen MR) is 114 cm³/mol. The van der Waals surface area contributed by atoms with Gasteiger partial charge in [-0.3, -0.25) is 4.79 Å². The van der Waals surface area contributed by atoms with Crippen molar-refractivity contribution >= 4 is 69.3 Å². The molecule has 146 valence electrons. The van der Waals surface area contributed by atoms with E-state index >= 15 is 0 Å². The summed E-state index contributed by atoms with van der Waals surface area (Å²) in [5.74, 6) is -0.776. The van der Waals surface area contributed by atoms with Crippen molar-refractivity contribution in [2.45, 2.75) is 0 Å². The molecule has 1 aliphatic heterocycles. The molecular formula is C19H12Cl2N4O3S. The van der Waals surface area contributed by atoms with Crippen LogP contribution in [0.2, 0.25) is 10.0 Å². The van der Waals surface area contributed by atoms with E-state index in [4.69, 9.17) is 27.9 Å². The molecule has 7 nitrogen and oxygen atoms in total. The fourth-order valence-electron chi connectivity index (χ4n) is 2.68. The van der Waals surface area contributed by atoms with E-state index in [0.29, 0.717) is 36.9 Å². The normalized spacial score (nSPS) is 16.6. The average molecular weight is 447 g/mol. The van der Waals surface area contributed by atoms with Gasteiger partial charge in [0.25, 0.3) is 5.91 Å². The molecule has 4 rings (SSSR count). The first-order valence-electron chi connectivity index (χ1n) is 8.25. The van der Waals surface area contributed by atoms with Crippen LogP contribution in [0.5, 0.6) is 0 Å². The van der Waals surface area contributed by atoms with Crippen LogP contribution < -0.4 is 5.32 Å². The predicted octanol–water partition coefficient (Wildman–Crippen LogP) is 4.32. The summed E-state index contributed by atoms with van der Waals surface area (Å²) in [6.45, 7) is 0. The van der Waals surface area contributed by atoms with Gasteiger partial charge in [0.15, 0.2) is 5.17 Å². The molecule has 3 aromatic rings. The van der Waals surface area contributed by atoms with Gasteiger partial charge < -0.3 is 10.1 Å². The van der Waals surface area contributed by atoms with Crippen LogP contribution in [0.3, 0.4) is 0 Å². The maximum Gasteiger partial charge on any atom is 0.341 e. The number of amides is 1. The lowest BCUT2D eigenvalue weighted by Crippen LogP contribution is -2.19. The van der Waals surface area contributed by atoms with E-state index in [-0.39, 0.29) is 5.91 Å². The van der Waals surface area contributed by atoms with E-state index in [1.165, 1.54) is 25.1 Å². The van der Waals surface area contributed by atoms with Crippen molar-refractivity contribution < 1.29 is 14.3 Å². The van der Waals surface area contributed by atoms with Crippen LogP contribution in [0.15, 0.2) is 52.6 Å². The first-order chi connectivity index (χ1) is 14.0. The number of ether oxygens (including phenoxy) is 1. The zero-order valence-corrected chi connectivity index (χ0v) is 17.2. The van der Waals surface area contributed by atoms with Gasteiger partial charge in [0, 0.05) is 6.20 Å². The fourth-order valence-corrected chi connectivity index (χ4v) is 3.99. The van der Waals surface area contributed by atoms with Crippen LogP contribution in [0.25, 0.3) is 11.6 Å². The number of para-hydroxylation sites is 1. The number of nitrogens with zero attached hydrogens (tertiary/aromatic N) is 3. The lowest BCUT2D eigenvalue weighted by molar-refractivity contribution is -0.115. The van der Waals surface area contributed by atoms with Crippen molar-refractivity contribution in [2.75, 3.05) is 7.11 Å². The smallest absolute Gasteiger partial charge is 0.341 e. The zero-order valence-electron chi connectivity index (χ0n) is 14.8. The summed E-state index contributed by atoms with van der Waals surface area (Å²) in [4.78, 5) is 29.0. The van der Waals surface area contributed by atoms with Gasteiger partial charge in [-0.15, -0.1) is 0 Å². The number of hydrogen-bond donors (Lipinski definition) is 1. The van der Waals surface area contributed by atoms with Crippen LogP contribution in [0.1, 0.15) is 15.9 Å². The minimum Gasteiger partial charge on any atom is -0.465 e. The summed E-state index contributed by atoms with van der Waals surface area (Å²) in [6, 6.07) is 8.59. The van der Waals surface area contributed by atoms with Gasteiger partial charge in [0.2, 0.25) is 0 Å². The SMILES string of the molecule is COC(=O)c1cnn2ccc(C=C3SC(=Nc4c(Cl)cccc4Cl)NC3=O)cc12. The Morgan fingerprint density at radius 2 is 2.07 bits per heavy atom. The molecule has 1 aromatic carbocycles. The number of hydrogen-bond acceptors (Lipinski definition) is 6. The highest BCUT2D eigenvalue weighted by molar-refractivity contribution is 8.18. The van der Waals surface area contributed by atoms with Crippen LogP contribution >= 0.6 is 35.0 Å². The number of aromatic nitrogens is 2. The van der Waals surface area contributed by atoms with Crippen molar-refractivity contribution in [1.29, 1.82) is 0 Å². The van der Waals surface area contributed by atoms with Gasteiger partial charge in [-0.1, -0.05) is 29.3 Å². The highest BCUT2D eigenvalue weighted by Gasteiger charge is 2.24. The van der Waals surface area contributed by atoms with Crippen LogP contribution in [-0.4, -0.2) is 33.8 Å². The van der Waals surface area contributed by atoms with Gasteiger partial charge in [-0.05, 0) is 47.7 Å². The number of carbonyl (C=O) groups excluding carboxylic acids is 2. The number of amidine groups is 1. The topological polar surface area (TPSA) is 85.1 Å². The van der Waals surface area contributed by atoms with Crippen LogP contribution in [-0.2, 0) is 9.53 Å². The Morgan fingerprint density at radius 1 is 1.31 bits per heavy atom. The summed E-state index contributed by atoms with van der Waals surface area (Å²) in [6.07, 6.45) is 4.84. The minimum atomic E-state index is -0.483. The Bertz CT molecular complexity index is 1200. The third-order valence-electron chi connectivity index (χ3n) is 4.05. The standard InChI is InChI=1S/C19H12Cl2N4O3S/c1-28-18(27)11-9-22-25-6-5-10(7-14(11)25)8-15-17(26)24-19(29-15)23-16-12(20)3-2-4-13(16)21/h2-9H,1H3,(H,23,24,26). The summed E-state index contributed by atoms with van der Waals surface area (Å²) < 4.78 is 6.33. The highest BCUT2D eigenvalue weighted by Crippen LogP contribution is 2.35. The van der Waals surface area contributed by atoms with E-state index < -0.39 is 5.97 Å². The zero-order chi connectivity index (χ0) is 20.5. The molecule has 1 fully saturated rings. The Morgan fingerprint density at radius 3 is 2.79 bits per heavy atom. The van der Waals surface area contributed by atoms with Gasteiger partial charge in [0.05, 0.1) is 33.8 Å². The van der Waals surface area contributed by atoms with Gasteiger partial charge in [0.1, 0.15) is 11.3 Å². The lowest BCUT2D eigenvalue weighted by Gasteiger charge is -2.01. The van der Waals surface area contributed by atoms with Crippen molar-refractivity contribution in [3.63, 3.8) is 0 Å². The molecule has 1 aliphatic rings. The summed E-state index contributed by atoms with van der Waals surface area (Å²) >= 11 is 13.4. The summed E-state index contributed by atoms with van der Waals surface area (Å²) in [7, 11) is 1.31. The first-order valence-corrected chi connectivity index (χ1v) is 9.83. The maximum atomic E-state index is 12.3. The monoisotopic (exact) mass is 446 g/mol. The summed E-state index contributed by atoms with van der Waals surface area (Å²) in [5.41, 5.74) is 2.03. The van der Waals surface area contributed by atoms with Crippen molar-refractivity contribution in [1.82, 2.24) is 14.9 Å². The number of fused-ring (bicyclic) bond motifs is 1. The van der Waals surface area contributed by atoms with E-state index in [1.54, 1.807) is 47.1 Å². The molecule has 1 amide bonds. The van der Waals surface area contributed by atoms with Gasteiger partial charge in [-0.2, -0.15) is 5.10 Å². The molecule has 0 bridgehead atoms. The number of aliphatic imine (C=N–C) groups is 1. The van der Waals surface area contributed by atoms with Crippen LogP contribution in [0.4, 0.5) is 5.69 Å². The second-order valence-electron chi connectivity index (χ2n) is 5.89. The molecule has 0 radical (unpaired) electrons. The third-order valence-corrected chi connectivity index (χ3v) is 5.57. The Kier molecular flexibility index (Phi) is 5.31. The Balaban J connectivity index is 1.66. The highest BCUT2D eigenvalue weighted by atomic mass is 35.5. The quantitative estimate of drug-likeness (QED) is 0.478. The molecule has 1 N–H and O–H groups in total. The van der Waals surface area contributed by atoms with Crippen molar-refractivity contribution in [3.05, 3.63) is 68.8 Å². The minimum absolute atomic E-state index is 0.293.